The van der Waals surface area contributed by atoms with Gasteiger partial charge in [-0.1, -0.05) is 5.16 Å². The molecular weight excluding hydrogens is 327 g/mol. The van der Waals surface area contributed by atoms with E-state index in [1.807, 2.05) is 6.92 Å². The van der Waals surface area contributed by atoms with Gasteiger partial charge in [-0.15, -0.1) is 0 Å². The zero-order valence-corrected chi connectivity index (χ0v) is 13.1. The highest BCUT2D eigenvalue weighted by atomic mass is 19.4. The lowest BCUT2D eigenvalue weighted by atomic mass is 10.1. The van der Waals surface area contributed by atoms with E-state index in [1.165, 1.54) is 6.07 Å². The average Bonchev–Trinajstić information content (AvgIpc) is 2.81. The van der Waals surface area contributed by atoms with Crippen LogP contribution in [-0.2, 0) is 12.6 Å². The van der Waals surface area contributed by atoms with Crippen LogP contribution in [-0.4, -0.2) is 16.6 Å². The van der Waals surface area contributed by atoms with Crippen LogP contribution < -0.4 is 5.32 Å². The lowest BCUT2D eigenvalue weighted by Crippen LogP contribution is -2.11. The van der Waals surface area contributed by atoms with E-state index in [-0.39, 0.29) is 5.69 Å². The first kappa shape index (κ1) is 17.8. The number of anilines is 1. The third kappa shape index (κ3) is 4.03. The maximum absolute atomic E-state index is 12.9. The van der Waals surface area contributed by atoms with Crippen LogP contribution >= 0.6 is 0 Å². The van der Waals surface area contributed by atoms with Crippen LogP contribution in [0.2, 0.25) is 0 Å². The molecule has 0 atom stereocenters. The largest absolute Gasteiger partial charge is 0.423 e. The van der Waals surface area contributed by atoms with Crippen LogP contribution in [0, 0.1) is 24.0 Å². The number of nitrogens with one attached hydrogen (secondary N) is 1. The fourth-order valence-electron chi connectivity index (χ4n) is 2.39. The van der Waals surface area contributed by atoms with E-state index < -0.39 is 22.4 Å². The van der Waals surface area contributed by atoms with Crippen molar-refractivity contribution < 1.29 is 22.6 Å². The molecule has 24 heavy (non-hydrogen) atoms. The molecule has 1 aromatic heterocycles. The van der Waals surface area contributed by atoms with Crippen molar-refractivity contribution in [3.05, 3.63) is 50.9 Å². The molecule has 0 radical (unpaired) electrons. The van der Waals surface area contributed by atoms with Crippen LogP contribution in [0.3, 0.4) is 0 Å². The molecule has 0 spiro atoms. The summed E-state index contributed by atoms with van der Waals surface area (Å²) in [6.07, 6.45) is -3.45. The van der Waals surface area contributed by atoms with E-state index in [4.69, 9.17) is 4.52 Å². The second kappa shape index (κ2) is 6.90. The number of nitro groups is 1. The number of aryl methyl sites for hydroxylation is 2. The van der Waals surface area contributed by atoms with Crippen LogP contribution in [0.1, 0.15) is 29.0 Å². The van der Waals surface area contributed by atoms with Crippen molar-refractivity contribution in [1.82, 2.24) is 5.16 Å². The van der Waals surface area contributed by atoms with Gasteiger partial charge in [0.15, 0.2) is 0 Å². The Hall–Kier alpha value is -2.58. The summed E-state index contributed by atoms with van der Waals surface area (Å²) in [4.78, 5) is 9.67. The average molecular weight is 343 g/mol. The zero-order chi connectivity index (χ0) is 17.9. The predicted octanol–water partition coefficient (Wildman–Crippen LogP) is 4.26. The van der Waals surface area contributed by atoms with Gasteiger partial charge in [0.25, 0.3) is 5.69 Å². The molecular formula is C15H16F3N3O3. The standard InChI is InChI=1S/C15H16F3N3O3/c1-9-12(10(2)24-20-9)4-3-7-19-11-5-6-14(21(22)23)13(8-11)15(16,17)18/h5-6,8,19H,3-4,7H2,1-2H3. The summed E-state index contributed by atoms with van der Waals surface area (Å²) in [6.45, 7) is 4.04. The third-order valence-corrected chi connectivity index (χ3v) is 3.61. The number of alkyl halides is 3. The summed E-state index contributed by atoms with van der Waals surface area (Å²) in [7, 11) is 0. The van der Waals surface area contributed by atoms with Gasteiger partial charge >= 0.3 is 6.18 Å². The van der Waals surface area contributed by atoms with Gasteiger partial charge in [-0.25, -0.2) is 0 Å². The Morgan fingerprint density at radius 2 is 2.04 bits per heavy atom. The number of nitro benzene ring substituents is 1. The van der Waals surface area contributed by atoms with Crippen molar-refractivity contribution in [2.24, 2.45) is 0 Å². The maximum atomic E-state index is 12.9. The highest BCUT2D eigenvalue weighted by molar-refractivity contribution is 5.55. The molecule has 2 rings (SSSR count). The summed E-state index contributed by atoms with van der Waals surface area (Å²) >= 11 is 0. The Labute approximate surface area is 135 Å². The fraction of sp³-hybridized carbons (Fsp3) is 0.400. The summed E-state index contributed by atoms with van der Waals surface area (Å²) in [5, 5.41) is 17.4. The first-order valence-corrected chi connectivity index (χ1v) is 7.21. The first-order chi connectivity index (χ1) is 11.2. The highest BCUT2D eigenvalue weighted by Crippen LogP contribution is 2.37. The van der Waals surface area contributed by atoms with Crippen LogP contribution in [0.15, 0.2) is 22.7 Å². The molecule has 9 heteroatoms. The minimum atomic E-state index is -4.78. The Kier molecular flexibility index (Phi) is 5.10. The molecule has 0 saturated heterocycles. The van der Waals surface area contributed by atoms with Crippen LogP contribution in [0.5, 0.6) is 0 Å². The van der Waals surface area contributed by atoms with E-state index in [1.54, 1.807) is 6.92 Å². The quantitative estimate of drug-likeness (QED) is 0.481. The summed E-state index contributed by atoms with van der Waals surface area (Å²) in [6, 6.07) is 2.89. The van der Waals surface area contributed by atoms with Crippen LogP contribution in [0.25, 0.3) is 0 Å². The van der Waals surface area contributed by atoms with Gasteiger partial charge in [-0.05, 0) is 38.8 Å². The van der Waals surface area contributed by atoms with Crippen molar-refractivity contribution in [3.63, 3.8) is 0 Å². The van der Waals surface area contributed by atoms with Crippen molar-refractivity contribution in [2.45, 2.75) is 32.9 Å². The maximum Gasteiger partial charge on any atom is 0.423 e. The second-order valence-corrected chi connectivity index (χ2v) is 5.32. The molecule has 1 heterocycles. The van der Waals surface area contributed by atoms with Gasteiger partial charge in [0.2, 0.25) is 0 Å². The number of aromatic nitrogens is 1. The molecule has 130 valence electrons. The van der Waals surface area contributed by atoms with E-state index in [2.05, 4.69) is 10.5 Å². The lowest BCUT2D eigenvalue weighted by molar-refractivity contribution is -0.388. The summed E-state index contributed by atoms with van der Waals surface area (Å²) in [5.41, 5.74) is -0.252. The zero-order valence-electron chi connectivity index (χ0n) is 13.1. The third-order valence-electron chi connectivity index (χ3n) is 3.61. The Morgan fingerprint density at radius 3 is 2.58 bits per heavy atom. The van der Waals surface area contributed by atoms with Crippen molar-refractivity contribution in [3.8, 4) is 0 Å². The number of benzene rings is 1. The molecule has 0 unspecified atom stereocenters. The van der Waals surface area contributed by atoms with E-state index in [9.17, 15) is 23.3 Å². The molecule has 0 fully saturated rings. The van der Waals surface area contributed by atoms with Crippen LogP contribution in [0.4, 0.5) is 24.5 Å². The van der Waals surface area contributed by atoms with Crippen molar-refractivity contribution >= 4 is 11.4 Å². The lowest BCUT2D eigenvalue weighted by Gasteiger charge is -2.11. The van der Waals surface area contributed by atoms with Gasteiger partial charge in [-0.2, -0.15) is 13.2 Å². The first-order valence-electron chi connectivity index (χ1n) is 7.21. The number of hydrogen-bond donors (Lipinski definition) is 1. The topological polar surface area (TPSA) is 81.2 Å². The summed E-state index contributed by atoms with van der Waals surface area (Å²) in [5.74, 6) is 0.724. The Bertz CT molecular complexity index is 722. The normalized spacial score (nSPS) is 11.5. The number of hydrogen-bond acceptors (Lipinski definition) is 5. The molecule has 6 nitrogen and oxygen atoms in total. The predicted molar refractivity (Wildman–Crippen MR) is 80.9 cm³/mol. The monoisotopic (exact) mass is 343 g/mol. The van der Waals surface area contributed by atoms with Crippen molar-refractivity contribution in [2.75, 3.05) is 11.9 Å². The minimum absolute atomic E-state index is 0.187. The van der Waals surface area contributed by atoms with Gasteiger partial charge in [0, 0.05) is 23.9 Å². The van der Waals surface area contributed by atoms with E-state index in [0.29, 0.717) is 19.4 Å². The second-order valence-electron chi connectivity index (χ2n) is 5.32. The minimum Gasteiger partial charge on any atom is -0.385 e. The number of rotatable bonds is 6. The molecule has 1 aromatic carbocycles. The molecule has 0 amide bonds. The molecule has 0 aliphatic carbocycles. The van der Waals surface area contributed by atoms with Gasteiger partial charge < -0.3 is 9.84 Å². The SMILES string of the molecule is Cc1noc(C)c1CCCNc1ccc([N+](=O)[O-])c(C(F)(F)F)c1. The summed E-state index contributed by atoms with van der Waals surface area (Å²) < 4.78 is 43.7. The van der Waals surface area contributed by atoms with E-state index >= 15 is 0 Å². The number of nitrogens with zero attached hydrogens (tertiary/aromatic N) is 2. The molecule has 2 aromatic rings. The number of halogens is 3. The fourth-order valence-corrected chi connectivity index (χ4v) is 2.39. The molecule has 1 N–H and O–H groups in total. The Morgan fingerprint density at radius 1 is 1.33 bits per heavy atom. The molecule has 0 saturated carbocycles. The molecule has 0 aliphatic rings. The Balaban J connectivity index is 2.02. The van der Waals surface area contributed by atoms with E-state index in [0.717, 1.165) is 29.2 Å². The van der Waals surface area contributed by atoms with Gasteiger partial charge in [0.1, 0.15) is 11.3 Å². The highest BCUT2D eigenvalue weighted by Gasteiger charge is 2.38. The molecule has 0 aliphatic heterocycles. The van der Waals surface area contributed by atoms with Crippen molar-refractivity contribution in [1.29, 1.82) is 0 Å². The van der Waals surface area contributed by atoms with Gasteiger partial charge in [0.05, 0.1) is 10.6 Å². The smallest absolute Gasteiger partial charge is 0.385 e. The van der Waals surface area contributed by atoms with Gasteiger partial charge in [-0.3, -0.25) is 10.1 Å². The molecule has 0 bridgehead atoms.